The molecule has 0 radical (unpaired) electrons. The molecule has 9 nitrogen and oxygen atoms in total. The van der Waals surface area contributed by atoms with Gasteiger partial charge in [-0.2, -0.15) is 0 Å². The first-order valence-corrected chi connectivity index (χ1v) is 12.8. The molecule has 2 saturated heterocycles. The van der Waals surface area contributed by atoms with Crippen LogP contribution in [0.5, 0.6) is 0 Å². The summed E-state index contributed by atoms with van der Waals surface area (Å²) in [5.74, 6) is -1.07. The molecular formula is C30H29NO8. The van der Waals surface area contributed by atoms with Gasteiger partial charge in [-0.1, -0.05) is 78.9 Å². The zero-order valence-corrected chi connectivity index (χ0v) is 21.3. The highest BCUT2D eigenvalue weighted by molar-refractivity contribution is 6.00. The molecule has 0 saturated carbocycles. The Labute approximate surface area is 225 Å². The molecule has 3 aliphatic rings. The van der Waals surface area contributed by atoms with E-state index in [0.29, 0.717) is 0 Å². The van der Waals surface area contributed by atoms with Gasteiger partial charge in [-0.15, -0.1) is 0 Å². The van der Waals surface area contributed by atoms with Crippen molar-refractivity contribution in [3.8, 4) is 0 Å². The summed E-state index contributed by atoms with van der Waals surface area (Å²) in [4.78, 5) is 26.9. The highest BCUT2D eigenvalue weighted by atomic mass is 16.7. The van der Waals surface area contributed by atoms with Crippen LogP contribution in [0.25, 0.3) is 0 Å². The van der Waals surface area contributed by atoms with Crippen molar-refractivity contribution in [2.45, 2.75) is 49.4 Å². The van der Waals surface area contributed by atoms with Gasteiger partial charge in [-0.05, 0) is 11.6 Å². The number of aliphatic hydroxyl groups is 2. The van der Waals surface area contributed by atoms with E-state index in [4.69, 9.17) is 18.9 Å². The number of amides is 1. The van der Waals surface area contributed by atoms with E-state index < -0.39 is 47.7 Å². The molecule has 6 rings (SSSR count). The van der Waals surface area contributed by atoms with Crippen LogP contribution in [0.4, 0.5) is 0 Å². The van der Waals surface area contributed by atoms with Crippen LogP contribution < -0.4 is 0 Å². The Bertz CT molecular complexity index is 1370. The average molecular weight is 532 g/mol. The summed E-state index contributed by atoms with van der Waals surface area (Å²) in [6, 6.07) is 24.2. The maximum Gasteiger partial charge on any atom is 0.302 e. The summed E-state index contributed by atoms with van der Waals surface area (Å²) < 4.78 is 24.2. The molecule has 0 unspecified atom stereocenters. The molecule has 2 fully saturated rings. The van der Waals surface area contributed by atoms with E-state index in [1.165, 1.54) is 11.8 Å². The maximum atomic E-state index is 13.8. The fourth-order valence-corrected chi connectivity index (χ4v) is 5.90. The molecule has 6 atom stereocenters. The van der Waals surface area contributed by atoms with Crippen LogP contribution >= 0.6 is 0 Å². The van der Waals surface area contributed by atoms with E-state index >= 15 is 0 Å². The minimum Gasteiger partial charge on any atom is -0.464 e. The zero-order chi connectivity index (χ0) is 27.2. The van der Waals surface area contributed by atoms with E-state index in [9.17, 15) is 19.8 Å². The third-order valence-electron chi connectivity index (χ3n) is 7.72. The van der Waals surface area contributed by atoms with Gasteiger partial charge in [-0.25, -0.2) is 0 Å². The number of carbonyl (C=O) groups is 2. The number of hydrogen-bond acceptors (Lipinski definition) is 8. The van der Waals surface area contributed by atoms with E-state index in [2.05, 4.69) is 0 Å². The molecule has 3 aromatic rings. The highest BCUT2D eigenvalue weighted by Gasteiger charge is 2.74. The molecule has 0 bridgehead atoms. The molecule has 2 N–H and O–H groups in total. The Morgan fingerprint density at radius 2 is 1.67 bits per heavy atom. The van der Waals surface area contributed by atoms with Crippen molar-refractivity contribution in [2.24, 2.45) is 0 Å². The third-order valence-corrected chi connectivity index (χ3v) is 7.72. The van der Waals surface area contributed by atoms with Crippen LogP contribution in [-0.4, -0.2) is 64.1 Å². The van der Waals surface area contributed by atoms with Crippen molar-refractivity contribution >= 4 is 11.9 Å². The number of esters is 1. The van der Waals surface area contributed by atoms with Gasteiger partial charge >= 0.3 is 5.97 Å². The Kier molecular flexibility index (Phi) is 6.49. The summed E-state index contributed by atoms with van der Waals surface area (Å²) in [6.07, 6.45) is -3.03. The van der Waals surface area contributed by atoms with Gasteiger partial charge in [0, 0.05) is 23.6 Å². The first-order chi connectivity index (χ1) is 18.8. The van der Waals surface area contributed by atoms with Crippen molar-refractivity contribution in [1.82, 2.24) is 4.90 Å². The molecule has 202 valence electrons. The van der Waals surface area contributed by atoms with E-state index in [0.717, 1.165) is 11.1 Å². The van der Waals surface area contributed by atoms with Crippen molar-refractivity contribution < 1.29 is 38.7 Å². The second kappa shape index (κ2) is 9.86. The van der Waals surface area contributed by atoms with Gasteiger partial charge < -0.3 is 29.2 Å². The summed E-state index contributed by atoms with van der Waals surface area (Å²) in [6.45, 7) is 0.769. The maximum absolute atomic E-state index is 13.8. The zero-order valence-electron chi connectivity index (χ0n) is 21.3. The predicted octanol–water partition coefficient (Wildman–Crippen LogP) is 2.66. The van der Waals surface area contributed by atoms with Gasteiger partial charge in [0.15, 0.2) is 11.9 Å². The number of hydrogen-bond donors (Lipinski definition) is 2. The average Bonchev–Trinajstić information content (AvgIpc) is 3.20. The number of carbonyl (C=O) groups excluding carboxylic acids is 2. The lowest BCUT2D eigenvalue weighted by molar-refractivity contribution is -0.400. The lowest BCUT2D eigenvalue weighted by atomic mass is 9.72. The first-order valence-electron chi connectivity index (χ1n) is 12.8. The number of ether oxygens (including phenoxy) is 4. The predicted molar refractivity (Wildman–Crippen MR) is 137 cm³/mol. The van der Waals surface area contributed by atoms with E-state index in [1.54, 1.807) is 24.3 Å². The molecule has 3 heterocycles. The number of fused-ring (bicyclic) bond motifs is 5. The third kappa shape index (κ3) is 4.05. The fraction of sp³-hybridized carbons (Fsp3) is 0.333. The molecule has 0 aromatic heterocycles. The topological polar surface area (TPSA) is 115 Å². The van der Waals surface area contributed by atoms with Crippen LogP contribution in [0.1, 0.15) is 40.3 Å². The van der Waals surface area contributed by atoms with Crippen LogP contribution in [0.3, 0.4) is 0 Å². The first kappa shape index (κ1) is 25.7. The Hall–Kier alpha value is -3.60. The second-order valence-corrected chi connectivity index (χ2v) is 10.1. The molecule has 0 spiro atoms. The molecule has 0 aliphatic carbocycles. The van der Waals surface area contributed by atoms with Gasteiger partial charge in [-0.3, -0.25) is 14.5 Å². The van der Waals surface area contributed by atoms with E-state index in [-0.39, 0.29) is 30.9 Å². The standard InChI is InChI=1S/C30H29NO8/c1-19(32)36-17-24-25(37-16-20-10-4-2-5-11-20)26-29(34,18-38-28(39-26)21-12-6-3-7-13-21)30(35)23-15-9-8-14-22(23)27(33)31(24)30/h2-15,24-26,28,34-35H,16-18H2,1H3/t24-,25+,26-,28+,29-,30+/m0/s1. The molecular weight excluding hydrogens is 502 g/mol. The Balaban J connectivity index is 1.47. The van der Waals surface area contributed by atoms with Crippen LogP contribution in [0, 0.1) is 0 Å². The van der Waals surface area contributed by atoms with Gasteiger partial charge in [0.05, 0.1) is 19.3 Å². The smallest absolute Gasteiger partial charge is 0.302 e. The number of piperidine rings is 1. The lowest BCUT2D eigenvalue weighted by Gasteiger charge is -2.60. The minimum absolute atomic E-state index is 0.127. The summed E-state index contributed by atoms with van der Waals surface area (Å²) in [5, 5.41) is 24.7. The van der Waals surface area contributed by atoms with Crippen molar-refractivity contribution in [2.75, 3.05) is 13.2 Å². The van der Waals surface area contributed by atoms with Crippen LogP contribution in [0.15, 0.2) is 84.9 Å². The van der Waals surface area contributed by atoms with Crippen molar-refractivity contribution in [1.29, 1.82) is 0 Å². The van der Waals surface area contributed by atoms with Crippen molar-refractivity contribution in [3.05, 3.63) is 107 Å². The lowest BCUT2D eigenvalue weighted by Crippen LogP contribution is -2.80. The Morgan fingerprint density at radius 1 is 1.00 bits per heavy atom. The molecule has 3 aliphatic heterocycles. The van der Waals surface area contributed by atoms with Gasteiger partial charge in [0.25, 0.3) is 5.91 Å². The molecule has 39 heavy (non-hydrogen) atoms. The minimum atomic E-state index is -2.23. The summed E-state index contributed by atoms with van der Waals surface area (Å²) in [5.41, 5.74) is -2.32. The van der Waals surface area contributed by atoms with Crippen molar-refractivity contribution in [3.63, 3.8) is 0 Å². The molecule has 9 heteroatoms. The van der Waals surface area contributed by atoms with Gasteiger partial charge in [0.1, 0.15) is 18.8 Å². The number of nitrogens with zero attached hydrogens (tertiary/aromatic N) is 1. The SMILES string of the molecule is CC(=O)OC[C@H]1[C@@H](OCc2ccccc2)[C@@H]2O[C@H](c3ccccc3)OC[C@@]2(O)[C@]2(O)c3ccccc3C(=O)N12. The summed E-state index contributed by atoms with van der Waals surface area (Å²) in [7, 11) is 0. The monoisotopic (exact) mass is 531 g/mol. The second-order valence-electron chi connectivity index (χ2n) is 10.1. The molecule has 1 amide bonds. The van der Waals surface area contributed by atoms with Gasteiger partial charge in [0.2, 0.25) is 5.72 Å². The number of rotatable bonds is 6. The molecule has 3 aromatic carbocycles. The normalized spacial score (nSPS) is 31.3. The quantitative estimate of drug-likeness (QED) is 0.467. The number of benzene rings is 3. The van der Waals surface area contributed by atoms with E-state index in [1.807, 2.05) is 60.7 Å². The van der Waals surface area contributed by atoms with Crippen LogP contribution in [-0.2, 0) is 36.1 Å². The highest BCUT2D eigenvalue weighted by Crippen LogP contribution is 2.55. The fourth-order valence-electron chi connectivity index (χ4n) is 5.90. The largest absolute Gasteiger partial charge is 0.464 e. The summed E-state index contributed by atoms with van der Waals surface area (Å²) >= 11 is 0. The van der Waals surface area contributed by atoms with Crippen LogP contribution in [0.2, 0.25) is 0 Å². The Morgan fingerprint density at radius 3 is 2.38 bits per heavy atom.